The van der Waals surface area contributed by atoms with E-state index in [2.05, 4.69) is 30.8 Å². The summed E-state index contributed by atoms with van der Waals surface area (Å²) in [5.41, 5.74) is 3.38. The second-order valence-electron chi connectivity index (χ2n) is 8.37. The molecule has 0 amide bonds. The van der Waals surface area contributed by atoms with Gasteiger partial charge in [0.2, 0.25) is 10.0 Å². The Hall–Kier alpha value is -1.70. The second-order valence-corrected chi connectivity index (χ2v) is 10.3. The zero-order valence-electron chi connectivity index (χ0n) is 16.9. The average Bonchev–Trinajstić information content (AvgIpc) is 2.92. The Bertz CT molecular complexity index is 887. The van der Waals surface area contributed by atoms with Crippen molar-refractivity contribution in [2.24, 2.45) is 7.05 Å². The Morgan fingerprint density at radius 3 is 2.11 bits per heavy atom. The van der Waals surface area contributed by atoms with Crippen LogP contribution in [0.4, 0.5) is 0 Å². The zero-order valence-corrected chi connectivity index (χ0v) is 17.8. The van der Waals surface area contributed by atoms with E-state index in [0.717, 1.165) is 30.9 Å². The fourth-order valence-corrected chi connectivity index (χ4v) is 4.87. The Balaban J connectivity index is 1.65. The molecule has 2 aromatic rings. The summed E-state index contributed by atoms with van der Waals surface area (Å²) in [6.07, 6.45) is 2.04. The van der Waals surface area contributed by atoms with E-state index in [0.29, 0.717) is 18.0 Å². The van der Waals surface area contributed by atoms with Crippen LogP contribution in [0, 0.1) is 6.92 Å². The molecule has 0 N–H and O–H groups in total. The van der Waals surface area contributed by atoms with Gasteiger partial charge in [0, 0.05) is 51.5 Å². The molecule has 148 valence electrons. The maximum absolute atomic E-state index is 13.0. The van der Waals surface area contributed by atoms with E-state index in [1.165, 1.54) is 5.56 Å². The lowest BCUT2D eigenvalue weighted by molar-refractivity contribution is 0.181. The van der Waals surface area contributed by atoms with Gasteiger partial charge in [0.15, 0.2) is 0 Å². The molecule has 1 aliphatic heterocycles. The first-order valence-electron chi connectivity index (χ1n) is 9.39. The third-order valence-corrected chi connectivity index (χ3v) is 7.11. The molecule has 0 atom stereocenters. The topological polar surface area (TPSA) is 58.4 Å². The predicted octanol–water partition coefficient (Wildman–Crippen LogP) is 2.53. The summed E-state index contributed by atoms with van der Waals surface area (Å²) >= 11 is 0. The minimum atomic E-state index is -3.43. The van der Waals surface area contributed by atoms with Crippen LogP contribution in [0.15, 0.2) is 35.4 Å². The molecule has 27 heavy (non-hydrogen) atoms. The molecule has 0 spiro atoms. The van der Waals surface area contributed by atoms with Crippen LogP contribution in [-0.4, -0.2) is 53.6 Å². The summed E-state index contributed by atoms with van der Waals surface area (Å²) in [5, 5.41) is 4.38. The smallest absolute Gasteiger partial charge is 0.243 e. The van der Waals surface area contributed by atoms with Crippen LogP contribution in [0.1, 0.15) is 37.6 Å². The Labute approximate surface area is 162 Å². The van der Waals surface area contributed by atoms with Crippen LogP contribution in [0.25, 0.3) is 0 Å². The number of aryl methyl sites for hydroxylation is 2. The van der Waals surface area contributed by atoms with Gasteiger partial charge in [-0.3, -0.25) is 9.58 Å². The van der Waals surface area contributed by atoms with Crippen molar-refractivity contribution in [2.45, 2.75) is 44.6 Å². The standard InChI is InChI=1S/C20H30N4O2S/c1-16-17(14-22(5)21-16)15-23-10-12-24(13-11-23)27(25,26)19-8-6-18(7-9-19)20(2,3)4/h6-9,14H,10-13,15H2,1-5H3. The van der Waals surface area contributed by atoms with Crippen molar-refractivity contribution in [3.63, 3.8) is 0 Å². The zero-order chi connectivity index (χ0) is 19.8. The molecule has 0 bridgehead atoms. The van der Waals surface area contributed by atoms with Gasteiger partial charge in [-0.1, -0.05) is 32.9 Å². The highest BCUT2D eigenvalue weighted by Crippen LogP contribution is 2.25. The van der Waals surface area contributed by atoms with Gasteiger partial charge in [-0.2, -0.15) is 9.40 Å². The molecule has 1 aromatic heterocycles. The van der Waals surface area contributed by atoms with E-state index >= 15 is 0 Å². The predicted molar refractivity (Wildman–Crippen MR) is 107 cm³/mol. The summed E-state index contributed by atoms with van der Waals surface area (Å²) in [6.45, 7) is 11.7. The lowest BCUT2D eigenvalue weighted by Gasteiger charge is -2.34. The molecule has 1 fully saturated rings. The van der Waals surface area contributed by atoms with Crippen molar-refractivity contribution < 1.29 is 8.42 Å². The van der Waals surface area contributed by atoms with Crippen molar-refractivity contribution in [1.82, 2.24) is 19.0 Å². The van der Waals surface area contributed by atoms with E-state index < -0.39 is 10.0 Å². The van der Waals surface area contributed by atoms with Gasteiger partial charge < -0.3 is 0 Å². The van der Waals surface area contributed by atoms with Gasteiger partial charge in [0.25, 0.3) is 0 Å². The summed E-state index contributed by atoms with van der Waals surface area (Å²) in [4.78, 5) is 2.67. The number of aromatic nitrogens is 2. The molecular formula is C20H30N4O2S. The van der Waals surface area contributed by atoms with E-state index in [-0.39, 0.29) is 5.41 Å². The largest absolute Gasteiger partial charge is 0.296 e. The summed E-state index contributed by atoms with van der Waals surface area (Å²) in [7, 11) is -1.51. The summed E-state index contributed by atoms with van der Waals surface area (Å²) in [5.74, 6) is 0. The third kappa shape index (κ3) is 4.42. The SMILES string of the molecule is Cc1nn(C)cc1CN1CCN(S(=O)(=O)c2ccc(C(C)(C)C)cc2)CC1. The fourth-order valence-electron chi connectivity index (χ4n) is 3.45. The number of hydrogen-bond acceptors (Lipinski definition) is 4. The minimum absolute atomic E-state index is 0.0122. The lowest BCUT2D eigenvalue weighted by Crippen LogP contribution is -2.48. The van der Waals surface area contributed by atoms with Crippen LogP contribution in [-0.2, 0) is 29.0 Å². The van der Waals surface area contributed by atoms with Crippen molar-refractivity contribution in [2.75, 3.05) is 26.2 Å². The number of benzene rings is 1. The van der Waals surface area contributed by atoms with Crippen LogP contribution >= 0.6 is 0 Å². The normalized spacial score (nSPS) is 17.4. The molecule has 0 radical (unpaired) electrons. The van der Waals surface area contributed by atoms with Crippen molar-refractivity contribution in [3.8, 4) is 0 Å². The molecule has 1 aromatic carbocycles. The minimum Gasteiger partial charge on any atom is -0.296 e. The summed E-state index contributed by atoms with van der Waals surface area (Å²) in [6, 6.07) is 7.32. The Morgan fingerprint density at radius 2 is 1.63 bits per heavy atom. The van der Waals surface area contributed by atoms with Crippen molar-refractivity contribution in [1.29, 1.82) is 0 Å². The first-order chi connectivity index (χ1) is 12.6. The molecule has 6 nitrogen and oxygen atoms in total. The van der Waals surface area contributed by atoms with E-state index in [1.807, 2.05) is 37.0 Å². The maximum Gasteiger partial charge on any atom is 0.243 e. The number of piperazine rings is 1. The first kappa shape index (κ1) is 20.0. The van der Waals surface area contributed by atoms with Gasteiger partial charge >= 0.3 is 0 Å². The number of rotatable bonds is 4. The molecule has 7 heteroatoms. The van der Waals surface area contributed by atoms with Gasteiger partial charge in [-0.15, -0.1) is 0 Å². The molecule has 0 aliphatic carbocycles. The van der Waals surface area contributed by atoms with Gasteiger partial charge in [-0.05, 0) is 30.0 Å². The Morgan fingerprint density at radius 1 is 1.04 bits per heavy atom. The van der Waals surface area contributed by atoms with E-state index in [9.17, 15) is 8.42 Å². The van der Waals surface area contributed by atoms with Crippen LogP contribution < -0.4 is 0 Å². The molecular weight excluding hydrogens is 360 g/mol. The van der Waals surface area contributed by atoms with Crippen LogP contribution in [0.5, 0.6) is 0 Å². The second kappa shape index (κ2) is 7.37. The van der Waals surface area contributed by atoms with Crippen molar-refractivity contribution >= 4 is 10.0 Å². The molecule has 1 aliphatic rings. The summed E-state index contributed by atoms with van der Waals surface area (Å²) < 4.78 is 29.4. The monoisotopic (exact) mass is 390 g/mol. The highest BCUT2D eigenvalue weighted by Gasteiger charge is 2.29. The maximum atomic E-state index is 13.0. The quantitative estimate of drug-likeness (QED) is 0.805. The van der Waals surface area contributed by atoms with Gasteiger partial charge in [0.05, 0.1) is 10.6 Å². The highest BCUT2D eigenvalue weighted by molar-refractivity contribution is 7.89. The molecule has 0 unspecified atom stereocenters. The van der Waals surface area contributed by atoms with Gasteiger partial charge in [-0.25, -0.2) is 8.42 Å². The molecule has 2 heterocycles. The number of sulfonamides is 1. The Kier molecular flexibility index (Phi) is 5.47. The first-order valence-corrected chi connectivity index (χ1v) is 10.8. The molecule has 1 saturated heterocycles. The third-order valence-electron chi connectivity index (χ3n) is 5.20. The number of nitrogens with zero attached hydrogens (tertiary/aromatic N) is 4. The van der Waals surface area contributed by atoms with Crippen LogP contribution in [0.3, 0.4) is 0 Å². The molecule has 0 saturated carbocycles. The average molecular weight is 391 g/mol. The van der Waals surface area contributed by atoms with Crippen LogP contribution in [0.2, 0.25) is 0 Å². The number of hydrogen-bond donors (Lipinski definition) is 0. The van der Waals surface area contributed by atoms with E-state index in [1.54, 1.807) is 16.4 Å². The highest BCUT2D eigenvalue weighted by atomic mass is 32.2. The van der Waals surface area contributed by atoms with Gasteiger partial charge in [0.1, 0.15) is 0 Å². The lowest BCUT2D eigenvalue weighted by atomic mass is 9.87. The molecule has 3 rings (SSSR count). The van der Waals surface area contributed by atoms with E-state index in [4.69, 9.17) is 0 Å². The fraction of sp³-hybridized carbons (Fsp3) is 0.550. The van der Waals surface area contributed by atoms with Crippen molar-refractivity contribution in [3.05, 3.63) is 47.3 Å².